The highest BCUT2D eigenvalue weighted by atomic mass is 16.5. The summed E-state index contributed by atoms with van der Waals surface area (Å²) in [6.45, 7) is 2.33. The number of hydrogen-bond donors (Lipinski definition) is 0. The van der Waals surface area contributed by atoms with Gasteiger partial charge in [-0.1, -0.05) is 35.5 Å². The SMILES string of the molecule is O=C(Cn1cc(C2CC2)nn1)N(CCc1ccccc1)[C@H]1CCOC1. The van der Waals surface area contributed by atoms with Gasteiger partial charge < -0.3 is 9.64 Å². The molecule has 25 heavy (non-hydrogen) atoms. The Kier molecular flexibility index (Phi) is 4.78. The Balaban J connectivity index is 1.41. The van der Waals surface area contributed by atoms with Crippen LogP contribution in [0.5, 0.6) is 0 Å². The minimum absolute atomic E-state index is 0.0960. The molecule has 2 fully saturated rings. The summed E-state index contributed by atoms with van der Waals surface area (Å²) in [4.78, 5) is 14.9. The molecule has 6 nitrogen and oxygen atoms in total. The first kappa shape index (κ1) is 16.3. The average molecular weight is 340 g/mol. The molecule has 2 aromatic rings. The molecule has 1 aliphatic carbocycles. The highest BCUT2D eigenvalue weighted by Gasteiger charge is 2.29. The lowest BCUT2D eigenvalue weighted by Crippen LogP contribution is -2.43. The fraction of sp³-hybridized carbons (Fsp3) is 0.526. The van der Waals surface area contributed by atoms with Crippen molar-refractivity contribution in [2.45, 2.75) is 44.2 Å². The monoisotopic (exact) mass is 340 g/mol. The molecule has 1 aromatic carbocycles. The molecule has 1 aliphatic heterocycles. The van der Waals surface area contributed by atoms with E-state index in [9.17, 15) is 4.79 Å². The van der Waals surface area contributed by atoms with Crippen molar-refractivity contribution in [3.63, 3.8) is 0 Å². The standard InChI is InChI=1S/C19H24N4O2/c24-19(13-22-12-18(20-21-22)16-6-7-16)23(17-9-11-25-14-17)10-8-15-4-2-1-3-5-15/h1-5,12,16-17H,6-11,13-14H2/t17-/m0/s1. The fourth-order valence-corrected chi connectivity index (χ4v) is 3.36. The smallest absolute Gasteiger partial charge is 0.244 e. The second kappa shape index (κ2) is 7.35. The zero-order valence-electron chi connectivity index (χ0n) is 14.4. The number of amides is 1. The number of benzene rings is 1. The number of hydrogen-bond acceptors (Lipinski definition) is 4. The van der Waals surface area contributed by atoms with Crippen molar-refractivity contribution in [3.8, 4) is 0 Å². The molecule has 2 heterocycles. The molecule has 0 bridgehead atoms. The van der Waals surface area contributed by atoms with E-state index in [-0.39, 0.29) is 18.5 Å². The number of rotatable bonds is 7. The largest absolute Gasteiger partial charge is 0.379 e. The Morgan fingerprint density at radius 1 is 1.24 bits per heavy atom. The van der Waals surface area contributed by atoms with E-state index in [1.54, 1.807) is 4.68 Å². The Bertz CT molecular complexity index is 705. The van der Waals surface area contributed by atoms with Crippen molar-refractivity contribution >= 4 is 5.91 Å². The number of carbonyl (C=O) groups excluding carboxylic acids is 1. The molecule has 4 rings (SSSR count). The highest BCUT2D eigenvalue weighted by molar-refractivity contribution is 5.76. The molecule has 1 amide bonds. The van der Waals surface area contributed by atoms with Crippen LogP contribution in [-0.2, 0) is 22.5 Å². The van der Waals surface area contributed by atoms with Crippen LogP contribution in [0.2, 0.25) is 0 Å². The van der Waals surface area contributed by atoms with Crippen molar-refractivity contribution in [1.82, 2.24) is 19.9 Å². The molecule has 1 atom stereocenters. The third-order valence-corrected chi connectivity index (χ3v) is 5.00. The van der Waals surface area contributed by atoms with Crippen LogP contribution in [0.15, 0.2) is 36.5 Å². The molecule has 1 saturated carbocycles. The molecule has 1 aromatic heterocycles. The minimum atomic E-state index is 0.0960. The van der Waals surface area contributed by atoms with E-state index in [2.05, 4.69) is 22.4 Å². The van der Waals surface area contributed by atoms with Gasteiger partial charge in [0.2, 0.25) is 5.91 Å². The summed E-state index contributed by atoms with van der Waals surface area (Å²) < 4.78 is 7.19. The Labute approximate surface area is 147 Å². The molecule has 0 spiro atoms. The summed E-state index contributed by atoms with van der Waals surface area (Å²) in [6, 6.07) is 10.5. The van der Waals surface area contributed by atoms with Crippen LogP contribution in [-0.4, -0.2) is 51.6 Å². The quantitative estimate of drug-likeness (QED) is 0.774. The van der Waals surface area contributed by atoms with Gasteiger partial charge in [-0.25, -0.2) is 4.68 Å². The maximum atomic E-state index is 12.9. The summed E-state index contributed by atoms with van der Waals surface area (Å²) in [5.74, 6) is 0.653. The van der Waals surface area contributed by atoms with E-state index < -0.39 is 0 Å². The second-order valence-corrected chi connectivity index (χ2v) is 6.96. The predicted molar refractivity (Wildman–Crippen MR) is 93.1 cm³/mol. The lowest BCUT2D eigenvalue weighted by molar-refractivity contribution is -0.134. The van der Waals surface area contributed by atoms with Gasteiger partial charge >= 0.3 is 0 Å². The number of nitrogens with zero attached hydrogens (tertiary/aromatic N) is 4. The Morgan fingerprint density at radius 3 is 2.80 bits per heavy atom. The first-order valence-electron chi connectivity index (χ1n) is 9.11. The van der Waals surface area contributed by atoms with E-state index in [0.29, 0.717) is 19.1 Å². The lowest BCUT2D eigenvalue weighted by Gasteiger charge is -2.28. The Morgan fingerprint density at radius 2 is 2.08 bits per heavy atom. The van der Waals surface area contributed by atoms with E-state index in [1.807, 2.05) is 29.3 Å². The molecule has 0 radical (unpaired) electrons. The van der Waals surface area contributed by atoms with Crippen LogP contribution >= 0.6 is 0 Å². The van der Waals surface area contributed by atoms with Crippen molar-refractivity contribution in [1.29, 1.82) is 0 Å². The summed E-state index contributed by atoms with van der Waals surface area (Å²) in [7, 11) is 0. The minimum Gasteiger partial charge on any atom is -0.379 e. The molecular weight excluding hydrogens is 316 g/mol. The van der Waals surface area contributed by atoms with Gasteiger partial charge in [-0.15, -0.1) is 5.10 Å². The molecule has 0 unspecified atom stereocenters. The summed E-state index contributed by atoms with van der Waals surface area (Å²) in [5, 5.41) is 8.33. The van der Waals surface area contributed by atoms with Crippen LogP contribution in [0.3, 0.4) is 0 Å². The van der Waals surface area contributed by atoms with Gasteiger partial charge in [0, 0.05) is 25.3 Å². The van der Waals surface area contributed by atoms with Gasteiger partial charge in [0.1, 0.15) is 6.54 Å². The van der Waals surface area contributed by atoms with E-state index in [4.69, 9.17) is 4.74 Å². The van der Waals surface area contributed by atoms with E-state index in [1.165, 1.54) is 18.4 Å². The topological polar surface area (TPSA) is 60.2 Å². The fourth-order valence-electron chi connectivity index (χ4n) is 3.36. The average Bonchev–Trinajstić information content (AvgIpc) is 3.14. The number of aromatic nitrogens is 3. The van der Waals surface area contributed by atoms with Crippen molar-refractivity contribution < 1.29 is 9.53 Å². The third kappa shape index (κ3) is 4.07. The van der Waals surface area contributed by atoms with Crippen LogP contribution < -0.4 is 0 Å². The third-order valence-electron chi connectivity index (χ3n) is 5.00. The molecule has 132 valence electrons. The van der Waals surface area contributed by atoms with Gasteiger partial charge in [0.05, 0.1) is 18.3 Å². The summed E-state index contributed by atoms with van der Waals surface area (Å²) >= 11 is 0. The second-order valence-electron chi connectivity index (χ2n) is 6.96. The van der Waals surface area contributed by atoms with Crippen LogP contribution in [0.25, 0.3) is 0 Å². The van der Waals surface area contributed by atoms with Gasteiger partial charge in [-0.05, 0) is 31.2 Å². The summed E-state index contributed by atoms with van der Waals surface area (Å²) in [5.41, 5.74) is 2.27. The maximum absolute atomic E-state index is 12.9. The lowest BCUT2D eigenvalue weighted by atomic mass is 10.1. The molecule has 1 saturated heterocycles. The van der Waals surface area contributed by atoms with Crippen LogP contribution in [0.4, 0.5) is 0 Å². The van der Waals surface area contributed by atoms with E-state index >= 15 is 0 Å². The van der Waals surface area contributed by atoms with Crippen LogP contribution in [0, 0.1) is 0 Å². The van der Waals surface area contributed by atoms with Crippen molar-refractivity contribution in [2.75, 3.05) is 19.8 Å². The van der Waals surface area contributed by atoms with Crippen LogP contribution in [0.1, 0.15) is 36.4 Å². The number of carbonyl (C=O) groups is 1. The number of ether oxygens (including phenoxy) is 1. The predicted octanol–water partition coefficient (Wildman–Crippen LogP) is 2.02. The summed E-state index contributed by atoms with van der Waals surface area (Å²) in [6.07, 6.45) is 6.07. The first-order chi connectivity index (χ1) is 12.3. The van der Waals surface area contributed by atoms with Gasteiger partial charge in [-0.3, -0.25) is 4.79 Å². The van der Waals surface area contributed by atoms with Gasteiger partial charge in [0.15, 0.2) is 0 Å². The highest BCUT2D eigenvalue weighted by Crippen LogP contribution is 2.38. The van der Waals surface area contributed by atoms with Crippen molar-refractivity contribution in [2.24, 2.45) is 0 Å². The zero-order valence-corrected chi connectivity index (χ0v) is 14.4. The normalized spacial score (nSPS) is 19.9. The zero-order chi connectivity index (χ0) is 17.1. The van der Waals surface area contributed by atoms with Gasteiger partial charge in [0.25, 0.3) is 0 Å². The molecule has 0 N–H and O–H groups in total. The molecule has 2 aliphatic rings. The van der Waals surface area contributed by atoms with Gasteiger partial charge in [-0.2, -0.15) is 0 Å². The van der Waals surface area contributed by atoms with E-state index in [0.717, 1.165) is 25.1 Å². The Hall–Kier alpha value is -2.21. The maximum Gasteiger partial charge on any atom is 0.244 e. The first-order valence-corrected chi connectivity index (χ1v) is 9.11. The van der Waals surface area contributed by atoms with Crippen molar-refractivity contribution in [3.05, 3.63) is 47.8 Å². The molecular formula is C19H24N4O2. The molecule has 6 heteroatoms.